The van der Waals surface area contributed by atoms with Crippen LogP contribution in [0.3, 0.4) is 0 Å². The Balaban J connectivity index is 2.38. The lowest BCUT2D eigenvalue weighted by Crippen LogP contribution is -2.15. The summed E-state index contributed by atoms with van der Waals surface area (Å²) in [7, 11) is 0. The van der Waals surface area contributed by atoms with E-state index >= 15 is 0 Å². The first-order chi connectivity index (χ1) is 8.86. The molecule has 96 valence electrons. The van der Waals surface area contributed by atoms with E-state index in [1.807, 2.05) is 6.92 Å². The van der Waals surface area contributed by atoms with Gasteiger partial charge in [-0.25, -0.2) is 0 Å². The second-order valence-electron chi connectivity index (χ2n) is 4.37. The van der Waals surface area contributed by atoms with E-state index in [1.54, 1.807) is 0 Å². The molecule has 0 aliphatic heterocycles. The summed E-state index contributed by atoms with van der Waals surface area (Å²) in [6.07, 6.45) is 1.15. The summed E-state index contributed by atoms with van der Waals surface area (Å²) in [5.74, 6) is 1.000. The van der Waals surface area contributed by atoms with Gasteiger partial charge in [-0.3, -0.25) is 0 Å². The van der Waals surface area contributed by atoms with Gasteiger partial charge in [-0.15, -0.1) is 0 Å². The van der Waals surface area contributed by atoms with Gasteiger partial charge in [0, 0.05) is 12.1 Å². The zero-order valence-electron chi connectivity index (χ0n) is 11.2. The highest BCUT2D eigenvalue weighted by molar-refractivity contribution is 5.87. The molecule has 2 rings (SSSR count). The third kappa shape index (κ3) is 2.82. The van der Waals surface area contributed by atoms with Crippen LogP contribution in [-0.2, 0) is 6.54 Å². The second-order valence-corrected chi connectivity index (χ2v) is 4.37. The molecule has 0 bridgehead atoms. The van der Waals surface area contributed by atoms with E-state index in [-0.39, 0.29) is 0 Å². The molecule has 0 saturated carbocycles. The number of ether oxygens (including phenoxy) is 1. The minimum Gasteiger partial charge on any atom is -0.494 e. The summed E-state index contributed by atoms with van der Waals surface area (Å²) < 4.78 is 5.74. The number of fused-ring (bicyclic) bond motifs is 1. The lowest BCUT2D eigenvalue weighted by Gasteiger charge is -2.14. The van der Waals surface area contributed by atoms with Crippen LogP contribution in [-0.4, -0.2) is 13.2 Å². The minimum absolute atomic E-state index is 0.707. The molecule has 1 N–H and O–H groups in total. The molecular weight excluding hydrogens is 222 g/mol. The van der Waals surface area contributed by atoms with Gasteiger partial charge in [0.05, 0.1) is 6.61 Å². The Labute approximate surface area is 109 Å². The number of hydrogen-bond donors (Lipinski definition) is 1. The third-order valence-corrected chi connectivity index (χ3v) is 3.03. The van der Waals surface area contributed by atoms with Crippen LogP contribution in [0.5, 0.6) is 5.75 Å². The van der Waals surface area contributed by atoms with Crippen molar-refractivity contribution in [2.45, 2.75) is 26.8 Å². The molecule has 0 atom stereocenters. The first kappa shape index (κ1) is 12.9. The Kier molecular flexibility index (Phi) is 4.59. The maximum Gasteiger partial charge on any atom is 0.124 e. The fourth-order valence-corrected chi connectivity index (χ4v) is 2.18. The minimum atomic E-state index is 0.707. The van der Waals surface area contributed by atoms with Crippen LogP contribution in [0.15, 0.2) is 36.4 Å². The maximum atomic E-state index is 5.74. The summed E-state index contributed by atoms with van der Waals surface area (Å²) >= 11 is 0. The van der Waals surface area contributed by atoms with Crippen molar-refractivity contribution in [1.29, 1.82) is 0 Å². The molecule has 18 heavy (non-hydrogen) atoms. The van der Waals surface area contributed by atoms with Crippen LogP contribution in [0.25, 0.3) is 10.8 Å². The molecule has 2 nitrogen and oxygen atoms in total. The van der Waals surface area contributed by atoms with Crippen molar-refractivity contribution in [2.75, 3.05) is 13.2 Å². The monoisotopic (exact) mass is 243 g/mol. The maximum absolute atomic E-state index is 5.74. The van der Waals surface area contributed by atoms with Crippen LogP contribution in [0.4, 0.5) is 0 Å². The van der Waals surface area contributed by atoms with Crippen LogP contribution < -0.4 is 10.1 Å². The highest BCUT2D eigenvalue weighted by atomic mass is 16.5. The lowest BCUT2D eigenvalue weighted by molar-refractivity contribution is 0.336. The van der Waals surface area contributed by atoms with Gasteiger partial charge in [-0.05, 0) is 36.7 Å². The van der Waals surface area contributed by atoms with Crippen molar-refractivity contribution in [3.05, 3.63) is 42.0 Å². The summed E-state index contributed by atoms with van der Waals surface area (Å²) in [4.78, 5) is 0. The van der Waals surface area contributed by atoms with Crippen molar-refractivity contribution in [2.24, 2.45) is 0 Å². The van der Waals surface area contributed by atoms with Crippen LogP contribution in [0.1, 0.15) is 25.8 Å². The van der Waals surface area contributed by atoms with Crippen molar-refractivity contribution in [3.63, 3.8) is 0 Å². The second kappa shape index (κ2) is 6.41. The highest BCUT2D eigenvalue weighted by Gasteiger charge is 2.07. The fourth-order valence-electron chi connectivity index (χ4n) is 2.18. The number of nitrogens with one attached hydrogen (secondary N) is 1. The fraction of sp³-hybridized carbons (Fsp3) is 0.375. The van der Waals surface area contributed by atoms with Gasteiger partial charge >= 0.3 is 0 Å². The topological polar surface area (TPSA) is 21.3 Å². The average molecular weight is 243 g/mol. The Bertz CT molecular complexity index is 507. The Morgan fingerprint density at radius 1 is 1.06 bits per heavy atom. The first-order valence-corrected chi connectivity index (χ1v) is 6.71. The average Bonchev–Trinajstić information content (AvgIpc) is 2.41. The van der Waals surface area contributed by atoms with E-state index in [2.05, 4.69) is 48.6 Å². The number of benzene rings is 2. The Hall–Kier alpha value is -1.54. The smallest absolute Gasteiger partial charge is 0.124 e. The van der Waals surface area contributed by atoms with E-state index in [0.717, 1.165) is 25.3 Å². The zero-order chi connectivity index (χ0) is 12.8. The van der Waals surface area contributed by atoms with Gasteiger partial charge in [0.15, 0.2) is 0 Å². The largest absolute Gasteiger partial charge is 0.494 e. The predicted octanol–water partition coefficient (Wildman–Crippen LogP) is 3.74. The van der Waals surface area contributed by atoms with Crippen molar-refractivity contribution >= 4 is 10.8 Å². The molecule has 0 radical (unpaired) electrons. The van der Waals surface area contributed by atoms with Gasteiger partial charge in [0.2, 0.25) is 0 Å². The van der Waals surface area contributed by atoms with Gasteiger partial charge in [-0.2, -0.15) is 0 Å². The number of hydrogen-bond acceptors (Lipinski definition) is 2. The summed E-state index contributed by atoms with van der Waals surface area (Å²) in [5.41, 5.74) is 1.27. The van der Waals surface area contributed by atoms with E-state index < -0.39 is 0 Å². The molecule has 0 heterocycles. The summed E-state index contributed by atoms with van der Waals surface area (Å²) in [5, 5.41) is 6.02. The molecule has 0 fully saturated rings. The van der Waals surface area contributed by atoms with E-state index in [0.29, 0.717) is 6.61 Å². The lowest BCUT2D eigenvalue weighted by atomic mass is 10.0. The van der Waals surface area contributed by atoms with Gasteiger partial charge in [0.1, 0.15) is 5.75 Å². The van der Waals surface area contributed by atoms with Gasteiger partial charge in [-0.1, -0.05) is 37.3 Å². The Morgan fingerprint density at radius 2 is 1.89 bits per heavy atom. The third-order valence-electron chi connectivity index (χ3n) is 3.03. The van der Waals surface area contributed by atoms with Crippen LogP contribution >= 0.6 is 0 Å². The zero-order valence-corrected chi connectivity index (χ0v) is 11.2. The normalized spacial score (nSPS) is 10.8. The van der Waals surface area contributed by atoms with Gasteiger partial charge in [0.25, 0.3) is 0 Å². The molecule has 2 aromatic carbocycles. The molecular formula is C16H21NO. The standard InChI is InChI=1S/C16H21NO/c1-3-11-17-12-15-14-8-6-5-7-13(14)9-10-16(15)18-4-2/h5-10,17H,3-4,11-12H2,1-2H3. The molecule has 0 amide bonds. The molecule has 2 aromatic rings. The molecule has 0 aliphatic rings. The van der Waals surface area contributed by atoms with E-state index in [1.165, 1.54) is 16.3 Å². The van der Waals surface area contributed by atoms with E-state index in [4.69, 9.17) is 4.74 Å². The summed E-state index contributed by atoms with van der Waals surface area (Å²) in [6, 6.07) is 12.7. The summed E-state index contributed by atoms with van der Waals surface area (Å²) in [6.45, 7) is 6.82. The van der Waals surface area contributed by atoms with Crippen molar-refractivity contribution in [1.82, 2.24) is 5.32 Å². The molecule has 0 unspecified atom stereocenters. The molecule has 0 spiro atoms. The molecule has 2 heteroatoms. The van der Waals surface area contributed by atoms with Crippen molar-refractivity contribution in [3.8, 4) is 5.75 Å². The predicted molar refractivity (Wildman–Crippen MR) is 77.1 cm³/mol. The van der Waals surface area contributed by atoms with E-state index in [9.17, 15) is 0 Å². The van der Waals surface area contributed by atoms with Crippen LogP contribution in [0, 0.1) is 0 Å². The molecule has 0 aromatic heterocycles. The van der Waals surface area contributed by atoms with Gasteiger partial charge < -0.3 is 10.1 Å². The molecule has 0 saturated heterocycles. The number of rotatable bonds is 6. The molecule has 0 aliphatic carbocycles. The quantitative estimate of drug-likeness (QED) is 0.780. The SMILES string of the molecule is CCCNCc1c(OCC)ccc2ccccc12. The highest BCUT2D eigenvalue weighted by Crippen LogP contribution is 2.28. The Morgan fingerprint density at radius 3 is 2.67 bits per heavy atom. The first-order valence-electron chi connectivity index (χ1n) is 6.71. The van der Waals surface area contributed by atoms with Crippen LogP contribution in [0.2, 0.25) is 0 Å². The van der Waals surface area contributed by atoms with Crippen molar-refractivity contribution < 1.29 is 4.74 Å².